The molecule has 0 aliphatic carbocycles. The molecule has 1 saturated heterocycles. The summed E-state index contributed by atoms with van der Waals surface area (Å²) in [6.45, 7) is -0.931. The van der Waals surface area contributed by atoms with Crippen molar-refractivity contribution in [2.24, 2.45) is 5.92 Å². The van der Waals surface area contributed by atoms with Gasteiger partial charge in [0.05, 0.1) is 23.9 Å². The summed E-state index contributed by atoms with van der Waals surface area (Å²) in [7, 11) is 0. The van der Waals surface area contributed by atoms with Gasteiger partial charge in [-0.2, -0.15) is 31.6 Å². The predicted octanol–water partition coefficient (Wildman–Crippen LogP) is 3.55. The average molecular weight is 379 g/mol. The third kappa shape index (κ3) is 5.17. The maximum Gasteiger partial charge on any atom is 0.417 e. The van der Waals surface area contributed by atoms with Crippen LogP contribution in [0.3, 0.4) is 0 Å². The van der Waals surface area contributed by atoms with Gasteiger partial charge in [0.15, 0.2) is 5.78 Å². The van der Waals surface area contributed by atoms with Crippen molar-refractivity contribution in [3.8, 4) is 6.07 Å². The van der Waals surface area contributed by atoms with Crippen LogP contribution in [0.5, 0.6) is 0 Å². The highest BCUT2D eigenvalue weighted by atomic mass is 19.4. The fourth-order valence-electron chi connectivity index (χ4n) is 2.88. The fraction of sp³-hybridized carbons (Fsp3) is 0.562. The summed E-state index contributed by atoms with van der Waals surface area (Å²) in [4.78, 5) is 17.2. The lowest BCUT2D eigenvalue weighted by Gasteiger charge is -2.32. The van der Waals surface area contributed by atoms with E-state index in [9.17, 15) is 36.4 Å². The van der Waals surface area contributed by atoms with Crippen molar-refractivity contribution >= 4 is 5.78 Å². The smallest absolute Gasteiger partial charge is 0.297 e. The molecule has 142 valence electrons. The van der Waals surface area contributed by atoms with Gasteiger partial charge < -0.3 is 0 Å². The van der Waals surface area contributed by atoms with E-state index in [2.05, 4.69) is 4.98 Å². The second-order valence-electron chi connectivity index (χ2n) is 6.10. The zero-order chi connectivity index (χ0) is 19.5. The highest BCUT2D eigenvalue weighted by Gasteiger charge is 2.36. The molecule has 0 spiro atoms. The number of nitrogens with zero attached hydrogens (tertiary/aromatic N) is 3. The Morgan fingerprint density at radius 2 is 1.85 bits per heavy atom. The minimum absolute atomic E-state index is 0.0640. The van der Waals surface area contributed by atoms with Gasteiger partial charge in [-0.3, -0.25) is 14.7 Å². The van der Waals surface area contributed by atoms with E-state index in [1.165, 1.54) is 4.90 Å². The summed E-state index contributed by atoms with van der Waals surface area (Å²) in [5.41, 5.74) is -1.09. The summed E-state index contributed by atoms with van der Waals surface area (Å²) in [6.07, 6.45) is -8.03. The Hall–Kier alpha value is -2.15. The average Bonchev–Trinajstić information content (AvgIpc) is 2.54. The molecule has 0 saturated carbocycles. The van der Waals surface area contributed by atoms with Gasteiger partial charge in [0, 0.05) is 12.1 Å². The first-order valence-electron chi connectivity index (χ1n) is 7.77. The molecule has 0 amide bonds. The van der Waals surface area contributed by atoms with E-state index in [1.807, 2.05) is 0 Å². The molecule has 1 atom stereocenters. The van der Waals surface area contributed by atoms with E-state index < -0.39 is 42.1 Å². The Morgan fingerprint density at radius 3 is 2.27 bits per heavy atom. The first kappa shape index (κ1) is 20.2. The van der Waals surface area contributed by atoms with Gasteiger partial charge >= 0.3 is 12.4 Å². The maximum atomic E-state index is 12.5. The highest BCUT2D eigenvalue weighted by Crippen LogP contribution is 2.31. The second kappa shape index (κ2) is 7.61. The second-order valence-corrected chi connectivity index (χ2v) is 6.10. The lowest BCUT2D eigenvalue weighted by Crippen LogP contribution is -2.42. The Kier molecular flexibility index (Phi) is 5.91. The number of nitriles is 1. The van der Waals surface area contributed by atoms with Crippen LogP contribution in [0.2, 0.25) is 0 Å². The minimum atomic E-state index is -4.58. The van der Waals surface area contributed by atoms with Crippen LogP contribution < -0.4 is 0 Å². The van der Waals surface area contributed by atoms with Crippen LogP contribution in [-0.4, -0.2) is 41.5 Å². The number of Topliss-reactive ketones (excluding diaryl/α,β-unsaturated/α-hetero) is 1. The van der Waals surface area contributed by atoms with Crippen LogP contribution in [0, 0.1) is 17.2 Å². The van der Waals surface area contributed by atoms with Crippen molar-refractivity contribution in [2.45, 2.75) is 31.1 Å². The first-order valence-corrected chi connectivity index (χ1v) is 7.77. The Balaban J connectivity index is 2.03. The van der Waals surface area contributed by atoms with E-state index >= 15 is 0 Å². The molecular weight excluding hydrogens is 364 g/mol. The van der Waals surface area contributed by atoms with E-state index in [1.54, 1.807) is 6.07 Å². The Labute approximate surface area is 145 Å². The maximum absolute atomic E-state index is 12.5. The van der Waals surface area contributed by atoms with E-state index in [0.717, 1.165) is 12.1 Å². The van der Waals surface area contributed by atoms with Crippen molar-refractivity contribution in [1.29, 1.82) is 5.26 Å². The van der Waals surface area contributed by atoms with E-state index in [0.29, 0.717) is 6.20 Å². The van der Waals surface area contributed by atoms with Crippen molar-refractivity contribution < 1.29 is 31.1 Å². The molecule has 2 heterocycles. The number of likely N-dealkylation sites (tertiary alicyclic amines) is 1. The number of pyridine rings is 1. The van der Waals surface area contributed by atoms with Gasteiger partial charge in [-0.25, -0.2) is 0 Å². The third-order valence-corrected chi connectivity index (χ3v) is 4.22. The number of hydrogen-bond donors (Lipinski definition) is 0. The van der Waals surface area contributed by atoms with Gasteiger partial charge in [-0.15, -0.1) is 0 Å². The number of aromatic nitrogens is 1. The number of carbonyl (C=O) groups is 1. The standard InChI is InChI=1S/C16H15F6N3O/c17-15(18,19)9-25-5-3-10(4-6-25)14(26)12(7-23)13-2-1-11(8-24-13)16(20,21)22/h1-2,8,10,12H,3-6,9H2/t12-/m1/s1. The SMILES string of the molecule is N#C[C@@H](C(=O)C1CCN(CC(F)(F)F)CC1)c1ccc(C(F)(F)F)cn1. The quantitative estimate of drug-likeness (QED) is 0.751. The zero-order valence-electron chi connectivity index (χ0n) is 13.4. The van der Waals surface area contributed by atoms with Crippen LogP contribution in [0.1, 0.15) is 30.0 Å². The van der Waals surface area contributed by atoms with Crippen molar-refractivity contribution in [3.63, 3.8) is 0 Å². The largest absolute Gasteiger partial charge is 0.417 e. The first-order chi connectivity index (χ1) is 12.0. The molecule has 1 aliphatic rings. The molecular formula is C16H15F6N3O. The number of piperidine rings is 1. The molecule has 0 bridgehead atoms. The fourth-order valence-corrected chi connectivity index (χ4v) is 2.88. The topological polar surface area (TPSA) is 57.0 Å². The van der Waals surface area contributed by atoms with E-state index in [-0.39, 0.29) is 31.6 Å². The van der Waals surface area contributed by atoms with Crippen LogP contribution in [0.25, 0.3) is 0 Å². The number of halogens is 6. The minimum Gasteiger partial charge on any atom is -0.297 e. The van der Waals surface area contributed by atoms with Gasteiger partial charge in [-0.05, 0) is 38.1 Å². The third-order valence-electron chi connectivity index (χ3n) is 4.22. The molecule has 4 nitrogen and oxygen atoms in total. The summed E-state index contributed by atoms with van der Waals surface area (Å²) < 4.78 is 74.8. The number of carbonyl (C=O) groups excluding carboxylic acids is 1. The van der Waals surface area contributed by atoms with Crippen molar-refractivity contribution in [2.75, 3.05) is 19.6 Å². The van der Waals surface area contributed by atoms with Gasteiger partial charge in [-0.1, -0.05) is 0 Å². The molecule has 0 radical (unpaired) electrons. The van der Waals surface area contributed by atoms with Crippen LogP contribution in [0.4, 0.5) is 26.3 Å². The summed E-state index contributed by atoms with van der Waals surface area (Å²) in [5.74, 6) is -2.48. The zero-order valence-corrected chi connectivity index (χ0v) is 13.4. The van der Waals surface area contributed by atoms with Gasteiger partial charge in [0.25, 0.3) is 0 Å². The lowest BCUT2D eigenvalue weighted by molar-refractivity contribution is -0.149. The van der Waals surface area contributed by atoms with Crippen LogP contribution in [-0.2, 0) is 11.0 Å². The predicted molar refractivity (Wildman–Crippen MR) is 77.8 cm³/mol. The Morgan fingerprint density at radius 1 is 1.23 bits per heavy atom. The molecule has 1 aromatic heterocycles. The Bertz CT molecular complexity index is 669. The lowest BCUT2D eigenvalue weighted by atomic mass is 9.84. The molecule has 1 aromatic rings. The molecule has 2 rings (SSSR count). The number of rotatable bonds is 4. The van der Waals surface area contributed by atoms with Gasteiger partial charge in [0.2, 0.25) is 0 Å². The molecule has 10 heteroatoms. The van der Waals surface area contributed by atoms with Gasteiger partial charge in [0.1, 0.15) is 5.92 Å². The van der Waals surface area contributed by atoms with Crippen LogP contribution in [0.15, 0.2) is 18.3 Å². The molecule has 26 heavy (non-hydrogen) atoms. The number of hydrogen-bond acceptors (Lipinski definition) is 4. The monoisotopic (exact) mass is 379 g/mol. The molecule has 1 aliphatic heterocycles. The normalized spacial score (nSPS) is 18.3. The molecule has 0 N–H and O–H groups in total. The molecule has 0 aromatic carbocycles. The summed E-state index contributed by atoms with van der Waals surface area (Å²) in [5, 5.41) is 9.22. The highest BCUT2D eigenvalue weighted by molar-refractivity contribution is 5.90. The number of ketones is 1. The molecule has 1 fully saturated rings. The van der Waals surface area contributed by atoms with Crippen molar-refractivity contribution in [3.05, 3.63) is 29.6 Å². The summed E-state index contributed by atoms with van der Waals surface area (Å²) >= 11 is 0. The number of alkyl halides is 6. The van der Waals surface area contributed by atoms with E-state index in [4.69, 9.17) is 0 Å². The molecule has 0 unspecified atom stereocenters. The van der Waals surface area contributed by atoms with Crippen LogP contribution >= 0.6 is 0 Å². The van der Waals surface area contributed by atoms with Crippen molar-refractivity contribution in [1.82, 2.24) is 9.88 Å². The summed E-state index contributed by atoms with van der Waals surface area (Å²) in [6, 6.07) is 3.46.